The summed E-state index contributed by atoms with van der Waals surface area (Å²) in [4.78, 5) is 2.31. The van der Waals surface area contributed by atoms with Crippen LogP contribution in [0.1, 0.15) is 5.56 Å². The van der Waals surface area contributed by atoms with Crippen LogP contribution in [0, 0.1) is 0 Å². The van der Waals surface area contributed by atoms with Crippen LogP contribution in [0.5, 0.6) is 0 Å². The fraction of sp³-hybridized carbons (Fsp3) is 0.600. The minimum absolute atomic E-state index is 0.278. The number of halogens is 1. The van der Waals surface area contributed by atoms with E-state index in [0.717, 1.165) is 32.7 Å². The van der Waals surface area contributed by atoms with E-state index in [1.165, 1.54) is 5.56 Å². The second-order valence-electron chi connectivity index (χ2n) is 5.20. The second-order valence-corrected chi connectivity index (χ2v) is 5.51. The fourth-order valence-electron chi connectivity index (χ4n) is 2.37. The molecular weight excluding hydrogens is 260 g/mol. The number of ether oxygens (including phenoxy) is 1. The Kier molecular flexibility index (Phi) is 6.11. The molecule has 0 radical (unpaired) electrons. The van der Waals surface area contributed by atoms with Crippen LogP contribution in [0.2, 0.25) is 0 Å². The van der Waals surface area contributed by atoms with Gasteiger partial charge in [0.1, 0.15) is 0 Å². The van der Waals surface area contributed by atoms with E-state index < -0.39 is 0 Å². The minimum atomic E-state index is 0.278. The molecule has 19 heavy (non-hydrogen) atoms. The van der Waals surface area contributed by atoms with Crippen molar-refractivity contribution >= 4 is 11.6 Å². The molecule has 1 N–H and O–H groups in total. The van der Waals surface area contributed by atoms with Crippen molar-refractivity contribution in [3.63, 3.8) is 0 Å². The number of rotatable bonds is 6. The van der Waals surface area contributed by atoms with E-state index in [-0.39, 0.29) is 6.10 Å². The van der Waals surface area contributed by atoms with Crippen molar-refractivity contribution in [2.45, 2.75) is 18.6 Å². The number of alkyl halides is 1. The smallest absolute Gasteiger partial charge is 0.0826 e. The molecule has 4 heteroatoms. The molecule has 2 unspecified atom stereocenters. The van der Waals surface area contributed by atoms with Crippen LogP contribution in [-0.2, 0) is 11.2 Å². The zero-order valence-corrected chi connectivity index (χ0v) is 12.3. The van der Waals surface area contributed by atoms with E-state index in [4.69, 9.17) is 16.3 Å². The lowest BCUT2D eigenvalue weighted by Gasteiger charge is -2.31. The van der Waals surface area contributed by atoms with E-state index in [1.807, 2.05) is 6.07 Å². The van der Waals surface area contributed by atoms with Crippen molar-refractivity contribution < 1.29 is 4.74 Å². The Labute approximate surface area is 120 Å². The van der Waals surface area contributed by atoms with E-state index in [0.29, 0.717) is 11.9 Å². The summed E-state index contributed by atoms with van der Waals surface area (Å²) in [7, 11) is 2.14. The van der Waals surface area contributed by atoms with Gasteiger partial charge in [-0.2, -0.15) is 0 Å². The first-order valence-corrected chi connectivity index (χ1v) is 7.45. The average molecular weight is 283 g/mol. The van der Waals surface area contributed by atoms with Crippen molar-refractivity contribution in [3.8, 4) is 0 Å². The first kappa shape index (κ1) is 14.8. The highest BCUT2D eigenvalue weighted by Crippen LogP contribution is 2.06. The van der Waals surface area contributed by atoms with E-state index in [1.54, 1.807) is 0 Å². The molecule has 1 saturated heterocycles. The normalized spacial score (nSPS) is 22.3. The minimum Gasteiger partial charge on any atom is -0.374 e. The van der Waals surface area contributed by atoms with Gasteiger partial charge in [0.15, 0.2) is 0 Å². The summed E-state index contributed by atoms with van der Waals surface area (Å²) < 4.78 is 5.75. The van der Waals surface area contributed by atoms with Crippen LogP contribution >= 0.6 is 11.6 Å². The Balaban J connectivity index is 1.76. The van der Waals surface area contributed by atoms with E-state index in [2.05, 4.69) is 41.5 Å². The summed E-state index contributed by atoms with van der Waals surface area (Å²) in [5, 5.41) is 3.52. The fourth-order valence-corrected chi connectivity index (χ4v) is 2.59. The first-order chi connectivity index (χ1) is 9.28. The summed E-state index contributed by atoms with van der Waals surface area (Å²) in [6.07, 6.45) is 1.24. The van der Waals surface area contributed by atoms with Gasteiger partial charge in [-0.1, -0.05) is 30.3 Å². The zero-order valence-electron chi connectivity index (χ0n) is 11.5. The molecule has 2 atom stereocenters. The van der Waals surface area contributed by atoms with Gasteiger partial charge in [-0.15, -0.1) is 11.6 Å². The molecule has 1 fully saturated rings. The Hall–Kier alpha value is -0.610. The van der Waals surface area contributed by atoms with Crippen molar-refractivity contribution in [1.82, 2.24) is 10.2 Å². The highest BCUT2D eigenvalue weighted by atomic mass is 35.5. The van der Waals surface area contributed by atoms with Gasteiger partial charge in [-0.05, 0) is 19.0 Å². The molecule has 0 aliphatic carbocycles. The molecule has 0 aromatic heterocycles. The largest absolute Gasteiger partial charge is 0.374 e. The predicted octanol–water partition coefficient (Wildman–Crippen LogP) is 1.76. The van der Waals surface area contributed by atoms with Crippen LogP contribution in [0.15, 0.2) is 30.3 Å². The number of nitrogens with one attached hydrogen (secondary N) is 1. The summed E-state index contributed by atoms with van der Waals surface area (Å²) in [6, 6.07) is 10.8. The highest BCUT2D eigenvalue weighted by molar-refractivity contribution is 6.18. The SMILES string of the molecule is CN1CCOC(CNC(CCl)Cc2ccccc2)C1. The number of morpholine rings is 1. The van der Waals surface area contributed by atoms with Gasteiger partial charge in [-0.3, -0.25) is 0 Å². The van der Waals surface area contributed by atoms with Gasteiger partial charge in [0.25, 0.3) is 0 Å². The van der Waals surface area contributed by atoms with Crippen molar-refractivity contribution in [2.24, 2.45) is 0 Å². The van der Waals surface area contributed by atoms with Crippen LogP contribution in [-0.4, -0.2) is 56.2 Å². The molecule has 1 aromatic rings. The Morgan fingerprint density at radius 2 is 2.21 bits per heavy atom. The number of benzene rings is 1. The Morgan fingerprint density at radius 3 is 2.89 bits per heavy atom. The standard InChI is InChI=1S/C15H23ClN2O/c1-18-7-8-19-15(12-18)11-17-14(10-16)9-13-5-3-2-4-6-13/h2-6,14-15,17H,7-12H2,1H3. The molecule has 0 bridgehead atoms. The van der Waals surface area contributed by atoms with Crippen molar-refractivity contribution in [3.05, 3.63) is 35.9 Å². The van der Waals surface area contributed by atoms with E-state index >= 15 is 0 Å². The number of nitrogens with zero attached hydrogens (tertiary/aromatic N) is 1. The van der Waals surface area contributed by atoms with Crippen LogP contribution in [0.25, 0.3) is 0 Å². The van der Waals surface area contributed by atoms with Gasteiger partial charge >= 0.3 is 0 Å². The molecule has 1 aliphatic rings. The Morgan fingerprint density at radius 1 is 1.42 bits per heavy atom. The van der Waals surface area contributed by atoms with Crippen LogP contribution in [0.4, 0.5) is 0 Å². The molecule has 1 aliphatic heterocycles. The maximum atomic E-state index is 6.05. The second kappa shape index (κ2) is 7.85. The molecule has 0 saturated carbocycles. The molecule has 0 amide bonds. The lowest BCUT2D eigenvalue weighted by molar-refractivity contribution is -0.0190. The van der Waals surface area contributed by atoms with Gasteiger partial charge in [0.05, 0.1) is 12.7 Å². The molecular formula is C15H23ClN2O. The molecule has 2 rings (SSSR count). The number of likely N-dealkylation sites (N-methyl/N-ethyl adjacent to an activating group) is 1. The summed E-state index contributed by atoms with van der Waals surface area (Å²) >= 11 is 6.05. The van der Waals surface area contributed by atoms with Gasteiger partial charge in [0, 0.05) is 31.6 Å². The molecule has 0 spiro atoms. The summed E-state index contributed by atoms with van der Waals surface area (Å²) in [5.74, 6) is 0.622. The summed E-state index contributed by atoms with van der Waals surface area (Å²) in [6.45, 7) is 3.72. The lowest BCUT2D eigenvalue weighted by atomic mass is 10.1. The van der Waals surface area contributed by atoms with Crippen LogP contribution in [0.3, 0.4) is 0 Å². The van der Waals surface area contributed by atoms with Crippen LogP contribution < -0.4 is 5.32 Å². The topological polar surface area (TPSA) is 24.5 Å². The highest BCUT2D eigenvalue weighted by Gasteiger charge is 2.18. The lowest BCUT2D eigenvalue weighted by Crippen LogP contribution is -2.47. The third-order valence-electron chi connectivity index (χ3n) is 3.49. The number of hydrogen-bond donors (Lipinski definition) is 1. The quantitative estimate of drug-likeness (QED) is 0.805. The molecule has 1 heterocycles. The third kappa shape index (κ3) is 5.11. The molecule has 106 valence electrons. The maximum Gasteiger partial charge on any atom is 0.0826 e. The summed E-state index contributed by atoms with van der Waals surface area (Å²) in [5.41, 5.74) is 1.32. The monoisotopic (exact) mass is 282 g/mol. The van der Waals surface area contributed by atoms with E-state index in [9.17, 15) is 0 Å². The molecule has 1 aromatic carbocycles. The zero-order chi connectivity index (χ0) is 13.5. The van der Waals surface area contributed by atoms with Gasteiger partial charge in [0.2, 0.25) is 0 Å². The molecule has 3 nitrogen and oxygen atoms in total. The first-order valence-electron chi connectivity index (χ1n) is 6.91. The maximum absolute atomic E-state index is 6.05. The third-order valence-corrected chi connectivity index (χ3v) is 3.86. The predicted molar refractivity (Wildman–Crippen MR) is 79.9 cm³/mol. The van der Waals surface area contributed by atoms with Crippen molar-refractivity contribution in [1.29, 1.82) is 0 Å². The Bertz CT molecular complexity index is 360. The van der Waals surface area contributed by atoms with Gasteiger partial charge in [-0.25, -0.2) is 0 Å². The van der Waals surface area contributed by atoms with Gasteiger partial charge < -0.3 is 15.0 Å². The average Bonchev–Trinajstić information content (AvgIpc) is 2.44. The number of hydrogen-bond acceptors (Lipinski definition) is 3. The van der Waals surface area contributed by atoms with Crippen molar-refractivity contribution in [2.75, 3.05) is 39.2 Å².